The number of carbonyl (C=O) groups is 1. The van der Waals surface area contributed by atoms with Gasteiger partial charge in [-0.15, -0.1) is 11.3 Å². The molecule has 34 heavy (non-hydrogen) atoms. The van der Waals surface area contributed by atoms with Gasteiger partial charge in [-0.05, 0) is 67.1 Å². The predicted molar refractivity (Wildman–Crippen MR) is 134 cm³/mol. The maximum absolute atomic E-state index is 12.8. The molecule has 1 amide bonds. The number of nitrogens with two attached hydrogens (primary N) is 1. The van der Waals surface area contributed by atoms with E-state index in [4.69, 9.17) is 5.73 Å². The van der Waals surface area contributed by atoms with E-state index in [9.17, 15) is 10.1 Å². The fourth-order valence-electron chi connectivity index (χ4n) is 6.30. The van der Waals surface area contributed by atoms with Crippen LogP contribution in [0.25, 0.3) is 10.3 Å². The van der Waals surface area contributed by atoms with Crippen molar-refractivity contribution < 1.29 is 4.79 Å². The van der Waals surface area contributed by atoms with Gasteiger partial charge in [-0.1, -0.05) is 13.0 Å². The summed E-state index contributed by atoms with van der Waals surface area (Å²) in [4.78, 5) is 25.1. The van der Waals surface area contributed by atoms with E-state index in [2.05, 4.69) is 45.3 Å². The average molecular weight is 473 g/mol. The standard InChI is InChI=1S/C26H28N6OS/c1-14(10-30-24(33)23-21(28)22-25(34-23)31-15(2)11-29-22)16-3-4-20(17(7-16)9-27)32-12-19-8-18-5-6-26(18,19)13-32/h3-4,7,11,14,18-19H,5-6,8,10,12-13,28H2,1-2H3,(H,30,33)/t14-,18?,19?,26?/m1/s1. The van der Waals surface area contributed by atoms with Crippen molar-refractivity contribution in [3.05, 3.63) is 46.1 Å². The van der Waals surface area contributed by atoms with Crippen LogP contribution in [0.15, 0.2) is 24.4 Å². The highest BCUT2D eigenvalue weighted by Gasteiger charge is 2.64. The summed E-state index contributed by atoms with van der Waals surface area (Å²) in [6, 6.07) is 8.62. The van der Waals surface area contributed by atoms with Gasteiger partial charge in [0.1, 0.15) is 21.3 Å². The number of carbonyl (C=O) groups excluding carboxylic acids is 1. The van der Waals surface area contributed by atoms with Crippen LogP contribution in [0.5, 0.6) is 0 Å². The maximum Gasteiger partial charge on any atom is 0.263 e. The Balaban J connectivity index is 1.15. The summed E-state index contributed by atoms with van der Waals surface area (Å²) in [5, 5.41) is 12.9. The van der Waals surface area contributed by atoms with Crippen molar-refractivity contribution in [3.8, 4) is 6.07 Å². The zero-order valence-electron chi connectivity index (χ0n) is 19.5. The molecule has 2 saturated carbocycles. The van der Waals surface area contributed by atoms with Crippen LogP contribution in [0.1, 0.15) is 58.6 Å². The van der Waals surface area contributed by atoms with E-state index in [0.29, 0.717) is 32.9 Å². The van der Waals surface area contributed by atoms with Gasteiger partial charge in [-0.25, -0.2) is 9.97 Å². The molecule has 6 rings (SSSR count). The molecule has 1 saturated heterocycles. The van der Waals surface area contributed by atoms with Crippen molar-refractivity contribution in [1.82, 2.24) is 15.3 Å². The third-order valence-corrected chi connectivity index (χ3v) is 9.55. The van der Waals surface area contributed by atoms with E-state index in [-0.39, 0.29) is 11.8 Å². The minimum atomic E-state index is -0.217. The number of nitrogen functional groups attached to an aromatic ring is 1. The van der Waals surface area contributed by atoms with E-state index in [0.717, 1.165) is 47.4 Å². The number of nitrogens with zero attached hydrogens (tertiary/aromatic N) is 4. The summed E-state index contributed by atoms with van der Waals surface area (Å²) in [6.45, 7) is 6.55. The Hall–Kier alpha value is -3.18. The highest BCUT2D eigenvalue weighted by Crippen LogP contribution is 2.67. The van der Waals surface area contributed by atoms with Crippen molar-refractivity contribution in [1.29, 1.82) is 5.26 Å². The monoisotopic (exact) mass is 472 g/mol. The van der Waals surface area contributed by atoms with Crippen molar-refractivity contribution in [2.24, 2.45) is 17.3 Å². The van der Waals surface area contributed by atoms with E-state index >= 15 is 0 Å². The van der Waals surface area contributed by atoms with Crippen molar-refractivity contribution in [3.63, 3.8) is 0 Å². The van der Waals surface area contributed by atoms with Gasteiger partial charge in [-0.2, -0.15) is 5.26 Å². The lowest BCUT2D eigenvalue weighted by molar-refractivity contribution is -0.104. The number of fused-ring (bicyclic) bond motifs is 1. The average Bonchev–Trinajstić information content (AvgIpc) is 3.36. The van der Waals surface area contributed by atoms with Gasteiger partial charge in [0.25, 0.3) is 5.91 Å². The molecule has 3 heterocycles. The zero-order valence-corrected chi connectivity index (χ0v) is 20.3. The first-order chi connectivity index (χ1) is 16.4. The molecule has 174 valence electrons. The Labute approximate surface area is 203 Å². The predicted octanol–water partition coefficient (Wildman–Crippen LogP) is 4.22. The van der Waals surface area contributed by atoms with Crippen LogP contribution in [0.3, 0.4) is 0 Å². The molecule has 3 aliphatic rings. The molecule has 0 radical (unpaired) electrons. The van der Waals surface area contributed by atoms with Crippen LogP contribution >= 0.6 is 11.3 Å². The molecule has 3 fully saturated rings. The van der Waals surface area contributed by atoms with Gasteiger partial charge in [-0.3, -0.25) is 4.79 Å². The molecule has 8 heteroatoms. The third-order valence-electron chi connectivity index (χ3n) is 8.46. The number of benzene rings is 1. The van der Waals surface area contributed by atoms with Crippen LogP contribution in [0.2, 0.25) is 0 Å². The Morgan fingerprint density at radius 2 is 2.29 bits per heavy atom. The highest BCUT2D eigenvalue weighted by atomic mass is 32.1. The zero-order chi connectivity index (χ0) is 23.6. The molecule has 3 aromatic rings. The lowest BCUT2D eigenvalue weighted by Gasteiger charge is -2.60. The summed E-state index contributed by atoms with van der Waals surface area (Å²) >= 11 is 1.27. The normalized spacial score (nSPS) is 25.6. The SMILES string of the molecule is Cc1cnc2c(N)c(C(=O)NC[C@@H](C)c3ccc(N4CC5CC6CCC65C4)c(C#N)c3)sc2n1. The fraction of sp³-hybridized carbons (Fsp3) is 0.462. The molecule has 4 atom stereocenters. The molecule has 3 N–H and O–H groups in total. The second-order valence-corrected chi connectivity index (χ2v) is 11.3. The molecule has 0 bridgehead atoms. The Bertz CT molecular complexity index is 1360. The number of thiophene rings is 1. The number of anilines is 2. The molecule has 2 aromatic heterocycles. The van der Waals surface area contributed by atoms with Gasteiger partial charge >= 0.3 is 0 Å². The lowest BCUT2D eigenvalue weighted by Crippen LogP contribution is -2.55. The molecule has 3 unspecified atom stereocenters. The summed E-state index contributed by atoms with van der Waals surface area (Å²) in [7, 11) is 0. The number of hydrogen-bond donors (Lipinski definition) is 2. The van der Waals surface area contributed by atoms with Gasteiger partial charge in [0.2, 0.25) is 0 Å². The first-order valence-corrected chi connectivity index (χ1v) is 12.8. The minimum Gasteiger partial charge on any atom is -0.396 e. The third kappa shape index (κ3) is 3.10. The molecule has 1 spiro atoms. The van der Waals surface area contributed by atoms with Crippen LogP contribution < -0.4 is 16.0 Å². The molecule has 1 aliphatic heterocycles. The van der Waals surface area contributed by atoms with Crippen molar-refractivity contribution >= 4 is 39.0 Å². The molecule has 2 aliphatic carbocycles. The molecular weight excluding hydrogens is 444 g/mol. The van der Waals surface area contributed by atoms with Gasteiger partial charge in [0.05, 0.1) is 22.6 Å². The van der Waals surface area contributed by atoms with E-state index in [1.54, 1.807) is 6.20 Å². The number of aromatic nitrogens is 2. The number of aryl methyl sites for hydroxylation is 1. The Morgan fingerprint density at radius 1 is 1.44 bits per heavy atom. The largest absolute Gasteiger partial charge is 0.396 e. The first-order valence-electron chi connectivity index (χ1n) is 12.0. The summed E-state index contributed by atoms with van der Waals surface area (Å²) in [6.07, 6.45) is 5.76. The minimum absolute atomic E-state index is 0.0589. The van der Waals surface area contributed by atoms with Gasteiger partial charge < -0.3 is 16.0 Å². The highest BCUT2D eigenvalue weighted by molar-refractivity contribution is 7.21. The quantitative estimate of drug-likeness (QED) is 0.576. The van der Waals surface area contributed by atoms with Crippen molar-refractivity contribution in [2.75, 3.05) is 30.3 Å². The summed E-state index contributed by atoms with van der Waals surface area (Å²) in [5.74, 6) is 1.57. The topological polar surface area (TPSA) is 108 Å². The van der Waals surface area contributed by atoms with Crippen LogP contribution in [0.4, 0.5) is 11.4 Å². The number of rotatable bonds is 5. The van der Waals surface area contributed by atoms with Crippen LogP contribution in [-0.2, 0) is 0 Å². The Kier molecular flexibility index (Phi) is 4.82. The van der Waals surface area contributed by atoms with E-state index in [1.807, 2.05) is 13.0 Å². The smallest absolute Gasteiger partial charge is 0.263 e. The summed E-state index contributed by atoms with van der Waals surface area (Å²) in [5.41, 5.74) is 11.3. The lowest BCUT2D eigenvalue weighted by atomic mass is 9.43. The number of nitrogens with one attached hydrogen (secondary N) is 1. The Morgan fingerprint density at radius 3 is 3.00 bits per heavy atom. The maximum atomic E-state index is 12.8. The number of nitriles is 1. The van der Waals surface area contributed by atoms with Crippen LogP contribution in [0, 0.1) is 35.5 Å². The van der Waals surface area contributed by atoms with E-state index in [1.165, 1.54) is 30.6 Å². The fourth-order valence-corrected chi connectivity index (χ4v) is 7.31. The van der Waals surface area contributed by atoms with Gasteiger partial charge in [0, 0.05) is 25.8 Å². The molecular formula is C26H28N6OS. The van der Waals surface area contributed by atoms with E-state index < -0.39 is 0 Å². The molecule has 1 aromatic carbocycles. The second-order valence-electron chi connectivity index (χ2n) is 10.3. The van der Waals surface area contributed by atoms with Crippen LogP contribution in [-0.4, -0.2) is 35.5 Å². The molecule has 7 nitrogen and oxygen atoms in total. The number of hydrogen-bond acceptors (Lipinski definition) is 7. The number of amides is 1. The summed E-state index contributed by atoms with van der Waals surface area (Å²) < 4.78 is 0. The second kappa shape index (κ2) is 7.67. The van der Waals surface area contributed by atoms with Gasteiger partial charge in [0.15, 0.2) is 0 Å². The first kappa shape index (κ1) is 21.4. The van der Waals surface area contributed by atoms with Crippen molar-refractivity contribution in [2.45, 2.75) is 39.0 Å².